The zero-order valence-corrected chi connectivity index (χ0v) is 4.00. The van der Waals surface area contributed by atoms with E-state index in [1.54, 1.807) is 0 Å². The highest BCUT2D eigenvalue weighted by atomic mass is 14.9. The predicted octanol–water partition coefficient (Wildman–Crippen LogP) is 1.54. The molecule has 8 heavy (non-hydrogen) atoms. The molecule has 1 aliphatic rings. The molecule has 2 atom stereocenters. The molecule has 2 unspecified atom stereocenters. The third kappa shape index (κ3) is 1.48. The van der Waals surface area contributed by atoms with Crippen molar-refractivity contribution in [1.29, 1.82) is 0 Å². The Hall–Kier alpha value is -0.0400. The molecular formula is C7H15N. The van der Waals surface area contributed by atoms with Crippen LogP contribution in [0, 0.1) is 0 Å². The molecule has 0 aromatic heterocycles. The van der Waals surface area contributed by atoms with Crippen LogP contribution in [-0.2, 0) is 0 Å². The van der Waals surface area contributed by atoms with Gasteiger partial charge in [-0.3, -0.25) is 0 Å². The Bertz CT molecular complexity index is 421. The Kier molecular flexibility index (Phi) is 0.249. The molecule has 1 heteroatoms. The van der Waals surface area contributed by atoms with Crippen molar-refractivity contribution in [2.75, 3.05) is 0 Å². The molecule has 1 N–H and O–H groups in total. The molecule has 1 saturated heterocycles. The van der Waals surface area contributed by atoms with Crippen molar-refractivity contribution in [2.24, 2.45) is 0 Å². The van der Waals surface area contributed by atoms with Crippen molar-refractivity contribution in [3.05, 3.63) is 0 Å². The minimum atomic E-state index is -3.74. The summed E-state index contributed by atoms with van der Waals surface area (Å²) in [5, 5.41) is 1.44. The molecular weight excluding hydrogens is 98.1 g/mol. The van der Waals surface area contributed by atoms with E-state index in [0.29, 0.717) is 0 Å². The van der Waals surface area contributed by atoms with Gasteiger partial charge in [0.25, 0.3) is 0 Å². The first-order valence-corrected chi connectivity index (χ1v) is 2.00. The molecule has 0 radical (unpaired) electrons. The Morgan fingerprint density at radius 2 is 2.25 bits per heavy atom. The largest absolute Gasteiger partial charge is 0.312 e. The summed E-state index contributed by atoms with van der Waals surface area (Å²) in [7, 11) is 0. The molecule has 0 aliphatic carbocycles. The van der Waals surface area contributed by atoms with E-state index in [1.165, 1.54) is 5.32 Å². The summed E-state index contributed by atoms with van der Waals surface area (Å²) in [5.41, 5.74) is 0. The number of piperidine rings is 1. The van der Waals surface area contributed by atoms with Gasteiger partial charge in [-0.15, -0.1) is 0 Å². The lowest BCUT2D eigenvalue weighted by molar-refractivity contribution is 0.352. The second-order valence-electron chi connectivity index (χ2n) is 1.25. The highest BCUT2D eigenvalue weighted by molar-refractivity contribution is 4.73. The molecule has 1 rings (SSSR count). The third-order valence-electron chi connectivity index (χ3n) is 0.625. The smallest absolute Gasteiger partial charge is 0.0462 e. The standard InChI is InChI=1S/C7H15N/c1-6-4-3-5-7(2)8-6/h6-8H,3-5H2,1-2H3/i1D3,2D3,3D2,4D2,5D2,6D,7D. The fraction of sp³-hybridized carbons (Fsp3) is 1.00. The predicted molar refractivity (Wildman–Crippen MR) is 35.9 cm³/mol. The van der Waals surface area contributed by atoms with E-state index < -0.39 is 44.9 Å². The summed E-state index contributed by atoms with van der Waals surface area (Å²) in [4.78, 5) is 0. The van der Waals surface area contributed by atoms with E-state index >= 15 is 0 Å². The molecule has 0 aromatic carbocycles. The van der Waals surface area contributed by atoms with Crippen LogP contribution >= 0.6 is 0 Å². The van der Waals surface area contributed by atoms with Crippen LogP contribution in [0.1, 0.15) is 52.0 Å². The average Bonchev–Trinajstić information content (AvgIpc) is 2.23. The Balaban J connectivity index is 3.79. The zero-order chi connectivity index (χ0) is 18.2. The van der Waals surface area contributed by atoms with Gasteiger partial charge in [0.2, 0.25) is 0 Å². The van der Waals surface area contributed by atoms with E-state index in [0.717, 1.165) is 0 Å². The minimum absolute atomic E-state index is 1.44. The van der Waals surface area contributed by atoms with E-state index in [4.69, 9.17) is 19.2 Å². The van der Waals surface area contributed by atoms with Crippen molar-refractivity contribution in [2.45, 2.75) is 44.9 Å². The maximum atomic E-state index is 7.82. The van der Waals surface area contributed by atoms with Gasteiger partial charge in [0.15, 0.2) is 0 Å². The topological polar surface area (TPSA) is 12.0 Å². The van der Waals surface area contributed by atoms with Gasteiger partial charge in [-0.05, 0) is 26.4 Å². The van der Waals surface area contributed by atoms with Gasteiger partial charge in [0, 0.05) is 31.2 Å². The lowest BCUT2D eigenvalue weighted by Gasteiger charge is -2.25. The lowest BCUT2D eigenvalue weighted by Crippen LogP contribution is -2.38. The Labute approximate surface area is 71.1 Å². The van der Waals surface area contributed by atoms with Crippen LogP contribution in [0.15, 0.2) is 0 Å². The summed E-state index contributed by atoms with van der Waals surface area (Å²) in [6.45, 7) is -7.12. The molecule has 48 valence electrons. The fourth-order valence-electron chi connectivity index (χ4n) is 0.344. The summed E-state index contributed by atoms with van der Waals surface area (Å²) in [5.74, 6) is 0. The summed E-state index contributed by atoms with van der Waals surface area (Å²) in [6, 6.07) is -7.07. The first kappa shape index (κ1) is 0.800. The van der Waals surface area contributed by atoms with Gasteiger partial charge >= 0.3 is 0 Å². The molecule has 0 saturated carbocycles. The third-order valence-corrected chi connectivity index (χ3v) is 0.625. The molecule has 0 aromatic rings. The molecule has 0 bridgehead atoms. The quantitative estimate of drug-likeness (QED) is 0.520. The van der Waals surface area contributed by atoms with Crippen LogP contribution in [-0.4, -0.2) is 12.0 Å². The zero-order valence-electron chi connectivity index (χ0n) is 18.0. The summed E-state index contributed by atoms with van der Waals surface area (Å²) >= 11 is 0. The van der Waals surface area contributed by atoms with Crippen LogP contribution in [0.4, 0.5) is 0 Å². The second-order valence-corrected chi connectivity index (χ2v) is 1.25. The van der Waals surface area contributed by atoms with Gasteiger partial charge in [0.1, 0.15) is 0 Å². The first-order valence-electron chi connectivity index (χ1n) is 9.00. The summed E-state index contributed by atoms with van der Waals surface area (Å²) in [6.07, 6.45) is -11.0. The molecule has 1 heterocycles. The number of nitrogens with one attached hydrogen (secondary N) is 1. The van der Waals surface area contributed by atoms with Crippen molar-refractivity contribution < 1.29 is 19.2 Å². The molecule has 1 fully saturated rings. The number of rotatable bonds is 0. The van der Waals surface area contributed by atoms with Crippen molar-refractivity contribution in [3.63, 3.8) is 0 Å². The van der Waals surface area contributed by atoms with Gasteiger partial charge in [-0.1, -0.05) is 6.37 Å². The highest BCUT2D eigenvalue weighted by Gasteiger charge is 2.11. The number of hydrogen-bond donors (Lipinski definition) is 1. The van der Waals surface area contributed by atoms with E-state index in [1.807, 2.05) is 0 Å². The summed E-state index contributed by atoms with van der Waals surface area (Å²) < 4.78 is 105. The van der Waals surface area contributed by atoms with Crippen LogP contribution in [0.5, 0.6) is 0 Å². The lowest BCUT2D eigenvalue weighted by atomic mass is 10.0. The van der Waals surface area contributed by atoms with E-state index in [9.17, 15) is 0 Å². The maximum absolute atomic E-state index is 7.82. The molecule has 0 amide bonds. The van der Waals surface area contributed by atoms with E-state index in [2.05, 4.69) is 0 Å². The second kappa shape index (κ2) is 2.49. The van der Waals surface area contributed by atoms with Crippen LogP contribution in [0.25, 0.3) is 0 Å². The fourth-order valence-corrected chi connectivity index (χ4v) is 0.344. The minimum Gasteiger partial charge on any atom is -0.312 e. The average molecular weight is 127 g/mol. The van der Waals surface area contributed by atoms with Crippen LogP contribution in [0.3, 0.4) is 0 Å². The van der Waals surface area contributed by atoms with Gasteiger partial charge < -0.3 is 5.32 Å². The molecule has 1 nitrogen and oxygen atoms in total. The van der Waals surface area contributed by atoms with Crippen molar-refractivity contribution >= 4 is 0 Å². The normalized spacial score (nSPS) is 106. The molecule has 1 aliphatic heterocycles. The van der Waals surface area contributed by atoms with Crippen molar-refractivity contribution in [3.8, 4) is 0 Å². The number of hydrogen-bond acceptors (Lipinski definition) is 1. The SMILES string of the molecule is [2H]C([2H])([2H])C1([2H])NC([2H])(C([2H])([2H])[2H])C([2H])([2H])C([2H])([2H])C1([2H])[2H]. The monoisotopic (exact) mass is 127 g/mol. The van der Waals surface area contributed by atoms with E-state index in [-0.39, 0.29) is 0 Å². The maximum Gasteiger partial charge on any atom is 0.0462 e. The van der Waals surface area contributed by atoms with Gasteiger partial charge in [-0.25, -0.2) is 0 Å². The van der Waals surface area contributed by atoms with Crippen molar-refractivity contribution in [1.82, 2.24) is 5.32 Å². The van der Waals surface area contributed by atoms with Gasteiger partial charge in [0.05, 0.1) is 0 Å². The van der Waals surface area contributed by atoms with Crippen LogP contribution < -0.4 is 5.32 Å². The highest BCUT2D eigenvalue weighted by Crippen LogP contribution is 2.10. The molecule has 0 spiro atoms. The van der Waals surface area contributed by atoms with Gasteiger partial charge in [-0.2, -0.15) is 0 Å². The first-order chi connectivity index (χ1) is 9.21. The van der Waals surface area contributed by atoms with Crippen LogP contribution in [0.2, 0.25) is 0 Å². The Morgan fingerprint density at radius 1 is 1.62 bits per heavy atom. The Morgan fingerprint density at radius 3 is 2.75 bits per heavy atom.